The van der Waals surface area contributed by atoms with Crippen LogP contribution in [0.4, 0.5) is 16.4 Å². The van der Waals surface area contributed by atoms with Crippen molar-refractivity contribution in [1.29, 1.82) is 0 Å². The van der Waals surface area contributed by atoms with E-state index in [1.165, 1.54) is 6.20 Å². The van der Waals surface area contributed by atoms with Crippen LogP contribution in [-0.4, -0.2) is 16.2 Å². The van der Waals surface area contributed by atoms with E-state index in [9.17, 15) is 4.79 Å². The van der Waals surface area contributed by atoms with Crippen LogP contribution in [0, 0.1) is 0 Å². The number of nitrogens with one attached hydrogen (secondary N) is 2. The Labute approximate surface area is 85.3 Å². The number of rotatable bonds is 2. The minimum atomic E-state index is -0.403. The number of nitrogens with zero attached hydrogens (tertiary/aromatic N) is 2. The third-order valence-electron chi connectivity index (χ3n) is 1.59. The molecule has 0 radical (unpaired) electrons. The molecule has 76 valence electrons. The second-order valence-corrected chi connectivity index (χ2v) is 2.70. The molecule has 15 heavy (non-hydrogen) atoms. The molecule has 0 spiro atoms. The fraction of sp³-hybridized carbons (Fsp3) is 0. The third kappa shape index (κ3) is 2.53. The van der Waals surface area contributed by atoms with Gasteiger partial charge in [0.05, 0.1) is 18.1 Å². The topological polar surface area (TPSA) is 80.0 Å². The van der Waals surface area contributed by atoms with Crippen LogP contribution in [0.15, 0.2) is 41.3 Å². The van der Waals surface area contributed by atoms with Crippen LogP contribution in [0.5, 0.6) is 0 Å². The van der Waals surface area contributed by atoms with Gasteiger partial charge in [0.1, 0.15) is 0 Å². The summed E-state index contributed by atoms with van der Waals surface area (Å²) in [6.07, 6.45) is 4.61. The molecule has 2 heterocycles. The number of carbonyl (C=O) groups excluding carboxylic acids is 1. The molecule has 2 aromatic heterocycles. The summed E-state index contributed by atoms with van der Waals surface area (Å²) in [6, 6.07) is 4.60. The highest BCUT2D eigenvalue weighted by Gasteiger charge is 2.03. The number of aromatic nitrogens is 2. The van der Waals surface area contributed by atoms with Crippen LogP contribution in [0.25, 0.3) is 0 Å². The summed E-state index contributed by atoms with van der Waals surface area (Å²) in [5.74, 6) is 0.288. The molecule has 0 unspecified atom stereocenters. The Hall–Kier alpha value is -2.37. The van der Waals surface area contributed by atoms with E-state index in [1.54, 1.807) is 30.6 Å². The van der Waals surface area contributed by atoms with Gasteiger partial charge in [-0.3, -0.25) is 10.3 Å². The molecule has 2 rings (SSSR count). The Morgan fingerprint density at radius 3 is 2.87 bits per heavy atom. The lowest BCUT2D eigenvalue weighted by atomic mass is 10.4. The number of pyridine rings is 1. The molecule has 2 N–H and O–H groups in total. The van der Waals surface area contributed by atoms with Gasteiger partial charge < -0.3 is 9.84 Å². The Morgan fingerprint density at radius 2 is 2.20 bits per heavy atom. The molecule has 0 aliphatic rings. The van der Waals surface area contributed by atoms with Crippen molar-refractivity contribution < 1.29 is 9.32 Å². The van der Waals surface area contributed by atoms with Gasteiger partial charge in [0, 0.05) is 12.3 Å². The molecule has 0 aliphatic heterocycles. The summed E-state index contributed by atoms with van der Waals surface area (Å²) in [7, 11) is 0. The Bertz CT molecular complexity index is 427. The van der Waals surface area contributed by atoms with Gasteiger partial charge in [-0.15, -0.1) is 0 Å². The molecule has 0 saturated heterocycles. The number of hydrogen-bond acceptors (Lipinski definition) is 4. The van der Waals surface area contributed by atoms with E-state index in [2.05, 4.69) is 20.8 Å². The average Bonchev–Trinajstić information content (AvgIpc) is 2.71. The first kappa shape index (κ1) is 9.20. The zero-order chi connectivity index (χ0) is 10.5. The summed E-state index contributed by atoms with van der Waals surface area (Å²) in [6.45, 7) is 0. The van der Waals surface area contributed by atoms with E-state index in [-0.39, 0.29) is 5.88 Å². The van der Waals surface area contributed by atoms with Gasteiger partial charge in [0.15, 0.2) is 0 Å². The first-order valence-electron chi connectivity index (χ1n) is 4.23. The van der Waals surface area contributed by atoms with Crippen LogP contribution >= 0.6 is 0 Å². The van der Waals surface area contributed by atoms with E-state index in [1.807, 2.05) is 0 Å². The van der Waals surface area contributed by atoms with Gasteiger partial charge >= 0.3 is 6.03 Å². The first-order chi connectivity index (χ1) is 7.34. The van der Waals surface area contributed by atoms with Crippen molar-refractivity contribution >= 4 is 17.6 Å². The molecule has 6 heteroatoms. The molecule has 0 saturated carbocycles. The van der Waals surface area contributed by atoms with Gasteiger partial charge in [-0.25, -0.2) is 4.79 Å². The van der Waals surface area contributed by atoms with Crippen molar-refractivity contribution in [3.05, 3.63) is 36.8 Å². The zero-order valence-corrected chi connectivity index (χ0v) is 7.68. The lowest BCUT2D eigenvalue weighted by Crippen LogP contribution is -2.19. The quantitative estimate of drug-likeness (QED) is 0.780. The molecule has 2 amide bonds. The van der Waals surface area contributed by atoms with E-state index < -0.39 is 6.03 Å². The summed E-state index contributed by atoms with van der Waals surface area (Å²) < 4.78 is 4.70. The predicted octanol–water partition coefficient (Wildman–Crippen LogP) is 1.71. The molecule has 0 fully saturated rings. The van der Waals surface area contributed by atoms with E-state index in [4.69, 9.17) is 4.52 Å². The first-order valence-corrected chi connectivity index (χ1v) is 4.23. The van der Waals surface area contributed by atoms with Crippen molar-refractivity contribution in [1.82, 2.24) is 10.1 Å². The van der Waals surface area contributed by atoms with Gasteiger partial charge in [-0.1, -0.05) is 5.16 Å². The fourth-order valence-electron chi connectivity index (χ4n) is 0.991. The van der Waals surface area contributed by atoms with Gasteiger partial charge in [0.25, 0.3) is 0 Å². The second-order valence-electron chi connectivity index (χ2n) is 2.70. The van der Waals surface area contributed by atoms with Crippen molar-refractivity contribution in [3.63, 3.8) is 0 Å². The van der Waals surface area contributed by atoms with Gasteiger partial charge in [0.2, 0.25) is 5.88 Å². The monoisotopic (exact) mass is 204 g/mol. The molecular formula is C9H8N4O2. The zero-order valence-electron chi connectivity index (χ0n) is 7.68. The van der Waals surface area contributed by atoms with Crippen LogP contribution in [0.3, 0.4) is 0 Å². The molecule has 0 aliphatic carbocycles. The maximum atomic E-state index is 11.3. The summed E-state index contributed by atoms with van der Waals surface area (Å²) in [5, 5.41) is 8.50. The summed E-state index contributed by atoms with van der Waals surface area (Å²) in [4.78, 5) is 15.2. The smallest absolute Gasteiger partial charge is 0.326 e. The van der Waals surface area contributed by atoms with Crippen LogP contribution in [0.1, 0.15) is 0 Å². The summed E-state index contributed by atoms with van der Waals surface area (Å²) >= 11 is 0. The maximum Gasteiger partial charge on any atom is 0.326 e. The number of urea groups is 1. The molecule has 6 nitrogen and oxygen atoms in total. The van der Waals surface area contributed by atoms with Gasteiger partial charge in [-0.05, 0) is 12.1 Å². The van der Waals surface area contributed by atoms with E-state index >= 15 is 0 Å². The number of amides is 2. The molecule has 0 bridgehead atoms. The Kier molecular flexibility index (Phi) is 2.59. The highest BCUT2D eigenvalue weighted by molar-refractivity contribution is 5.98. The number of carbonyl (C=O) groups is 1. The number of hydrogen-bond donors (Lipinski definition) is 2. The minimum Gasteiger partial charge on any atom is -0.338 e. The normalized spacial score (nSPS) is 9.60. The van der Waals surface area contributed by atoms with Crippen molar-refractivity contribution in [2.45, 2.75) is 0 Å². The van der Waals surface area contributed by atoms with Crippen molar-refractivity contribution in [2.75, 3.05) is 10.6 Å². The molecule has 0 atom stereocenters. The van der Waals surface area contributed by atoms with E-state index in [0.29, 0.717) is 5.69 Å². The SMILES string of the molecule is O=C(Nc1cccnc1)Nc1ccno1. The lowest BCUT2D eigenvalue weighted by molar-refractivity contribution is 0.261. The molecular weight excluding hydrogens is 196 g/mol. The maximum absolute atomic E-state index is 11.3. The average molecular weight is 204 g/mol. The molecule has 2 aromatic rings. The highest BCUT2D eigenvalue weighted by atomic mass is 16.5. The van der Waals surface area contributed by atoms with Gasteiger partial charge in [-0.2, -0.15) is 0 Å². The fourth-order valence-corrected chi connectivity index (χ4v) is 0.991. The second kappa shape index (κ2) is 4.23. The lowest BCUT2D eigenvalue weighted by Gasteiger charge is -2.03. The predicted molar refractivity (Wildman–Crippen MR) is 53.4 cm³/mol. The molecule has 0 aromatic carbocycles. The van der Waals surface area contributed by atoms with Crippen molar-refractivity contribution in [2.24, 2.45) is 0 Å². The highest BCUT2D eigenvalue weighted by Crippen LogP contribution is 2.06. The van der Waals surface area contributed by atoms with E-state index in [0.717, 1.165) is 0 Å². The minimum absolute atomic E-state index is 0.288. The Morgan fingerprint density at radius 1 is 1.27 bits per heavy atom. The largest absolute Gasteiger partial charge is 0.338 e. The van der Waals surface area contributed by atoms with Crippen molar-refractivity contribution in [3.8, 4) is 0 Å². The van der Waals surface area contributed by atoms with Crippen LogP contribution in [0.2, 0.25) is 0 Å². The Balaban J connectivity index is 1.94. The summed E-state index contributed by atoms with van der Waals surface area (Å²) in [5.41, 5.74) is 0.606. The van der Waals surface area contributed by atoms with Crippen LogP contribution < -0.4 is 10.6 Å². The number of anilines is 2. The van der Waals surface area contributed by atoms with Crippen LogP contribution in [-0.2, 0) is 0 Å². The third-order valence-corrected chi connectivity index (χ3v) is 1.59. The standard InChI is InChI=1S/C9H8N4O2/c14-9(13-8-3-5-11-15-8)12-7-2-1-4-10-6-7/h1-6H,(H2,12,13,14).